The Morgan fingerprint density at radius 1 is 1.35 bits per heavy atom. The van der Waals surface area contributed by atoms with E-state index in [0.717, 1.165) is 4.47 Å². The van der Waals surface area contributed by atoms with Gasteiger partial charge in [-0.25, -0.2) is 19.1 Å². The summed E-state index contributed by atoms with van der Waals surface area (Å²) in [7, 11) is 0. The molecule has 0 saturated heterocycles. The predicted molar refractivity (Wildman–Crippen MR) is 91.3 cm³/mol. The molecule has 7 nitrogen and oxygen atoms in total. The highest BCUT2D eigenvalue weighted by atomic mass is 79.9. The number of carboxylic acid groups (broad SMARTS) is 1. The van der Waals surface area contributed by atoms with Crippen molar-refractivity contribution in [3.8, 4) is 0 Å². The van der Waals surface area contributed by atoms with Crippen LogP contribution in [-0.4, -0.2) is 31.3 Å². The summed E-state index contributed by atoms with van der Waals surface area (Å²) in [4.78, 5) is 25.1. The zero-order valence-corrected chi connectivity index (χ0v) is 14.4. The first-order chi connectivity index (χ1) is 10.7. The highest BCUT2D eigenvalue weighted by molar-refractivity contribution is 9.10. The molecule has 0 bridgehead atoms. The van der Waals surface area contributed by atoms with Crippen LogP contribution in [0.25, 0.3) is 16.6 Å². The third-order valence-electron chi connectivity index (χ3n) is 3.54. The van der Waals surface area contributed by atoms with E-state index in [9.17, 15) is 14.7 Å². The number of carbonyl (C=O) groups is 1. The highest BCUT2D eigenvalue weighted by Gasteiger charge is 2.30. The number of aromatic amines is 1. The number of nitrogens with zero attached hydrogens (tertiary/aromatic N) is 3. The van der Waals surface area contributed by atoms with Gasteiger partial charge in [0.05, 0.1) is 11.2 Å². The molecule has 23 heavy (non-hydrogen) atoms. The van der Waals surface area contributed by atoms with Gasteiger partial charge in [0.2, 0.25) is 0 Å². The average molecular weight is 379 g/mol. The average Bonchev–Trinajstić information content (AvgIpc) is 2.78. The van der Waals surface area contributed by atoms with Crippen molar-refractivity contribution in [2.24, 2.45) is 0 Å². The van der Waals surface area contributed by atoms with Crippen molar-refractivity contribution < 1.29 is 9.90 Å². The van der Waals surface area contributed by atoms with E-state index in [2.05, 4.69) is 26.1 Å². The molecule has 0 saturated carbocycles. The van der Waals surface area contributed by atoms with E-state index in [-0.39, 0.29) is 5.69 Å². The van der Waals surface area contributed by atoms with Crippen molar-refractivity contribution in [1.82, 2.24) is 14.6 Å². The van der Waals surface area contributed by atoms with Gasteiger partial charge in [-0.05, 0) is 39.0 Å². The molecule has 1 aromatic carbocycles. The van der Waals surface area contributed by atoms with Crippen molar-refractivity contribution in [3.63, 3.8) is 0 Å². The van der Waals surface area contributed by atoms with Gasteiger partial charge in [0.25, 0.3) is 0 Å². The minimum absolute atomic E-state index is 0.364. The maximum Gasteiger partial charge on any atom is 0.412 e. The van der Waals surface area contributed by atoms with Gasteiger partial charge in [0.1, 0.15) is 0 Å². The van der Waals surface area contributed by atoms with Crippen LogP contribution in [0.3, 0.4) is 0 Å². The zero-order chi connectivity index (χ0) is 16.9. The molecule has 0 unspecified atom stereocenters. The van der Waals surface area contributed by atoms with Crippen LogP contribution in [0.2, 0.25) is 0 Å². The molecule has 0 aliphatic heterocycles. The maximum atomic E-state index is 12.0. The monoisotopic (exact) mass is 378 g/mol. The van der Waals surface area contributed by atoms with Crippen LogP contribution < -0.4 is 10.6 Å². The van der Waals surface area contributed by atoms with E-state index in [0.29, 0.717) is 22.2 Å². The van der Waals surface area contributed by atoms with Gasteiger partial charge in [-0.1, -0.05) is 15.9 Å². The molecule has 2 aromatic heterocycles. The summed E-state index contributed by atoms with van der Waals surface area (Å²) in [6.45, 7) is 5.43. The Morgan fingerprint density at radius 3 is 2.65 bits per heavy atom. The largest absolute Gasteiger partial charge is 0.465 e. The lowest BCUT2D eigenvalue weighted by Gasteiger charge is -2.34. The lowest BCUT2D eigenvalue weighted by atomic mass is 10.0. The fraction of sp³-hybridized carbons (Fsp3) is 0.267. The van der Waals surface area contributed by atoms with Crippen LogP contribution in [0.15, 0.2) is 33.5 Å². The molecular formula is C15H15BrN4O3. The van der Waals surface area contributed by atoms with Crippen molar-refractivity contribution in [3.05, 3.63) is 39.2 Å². The van der Waals surface area contributed by atoms with E-state index < -0.39 is 11.6 Å². The molecule has 0 spiro atoms. The number of rotatable bonds is 1. The fourth-order valence-corrected chi connectivity index (χ4v) is 3.04. The zero-order valence-electron chi connectivity index (χ0n) is 12.8. The standard InChI is InChI=1S/C15H15BrN4O3/c1-15(2,3)20(14(22)23)11-7-12-17-18-13(21)19(12)10-5-4-8(16)6-9(10)11/h4-7H,1-3H3,(H,18,21)(H,22,23). The Labute approximate surface area is 139 Å². The number of amides is 1. The predicted octanol–water partition coefficient (Wildman–Crippen LogP) is 3.22. The Balaban J connectivity index is 2.50. The molecule has 0 aliphatic rings. The van der Waals surface area contributed by atoms with E-state index in [4.69, 9.17) is 0 Å². The second-order valence-corrected chi connectivity index (χ2v) is 7.12. The Kier molecular flexibility index (Phi) is 3.44. The van der Waals surface area contributed by atoms with Gasteiger partial charge in [0, 0.05) is 21.5 Å². The second kappa shape index (κ2) is 5.09. The molecule has 1 amide bonds. The quantitative estimate of drug-likeness (QED) is 0.679. The molecule has 3 rings (SSSR count). The molecule has 2 heterocycles. The van der Waals surface area contributed by atoms with E-state index in [1.807, 2.05) is 20.8 Å². The van der Waals surface area contributed by atoms with Crippen LogP contribution in [0, 0.1) is 0 Å². The van der Waals surface area contributed by atoms with Crippen molar-refractivity contribution in [2.45, 2.75) is 26.3 Å². The number of nitrogens with one attached hydrogen (secondary N) is 1. The number of pyridine rings is 1. The first-order valence-corrected chi connectivity index (χ1v) is 7.72. The summed E-state index contributed by atoms with van der Waals surface area (Å²) in [5, 5.41) is 16.7. The third kappa shape index (κ3) is 2.48. The van der Waals surface area contributed by atoms with Gasteiger partial charge >= 0.3 is 11.8 Å². The van der Waals surface area contributed by atoms with Gasteiger partial charge in [-0.3, -0.25) is 4.90 Å². The van der Waals surface area contributed by atoms with Crippen molar-refractivity contribution >= 4 is 44.3 Å². The van der Waals surface area contributed by atoms with Crippen molar-refractivity contribution in [2.75, 3.05) is 4.90 Å². The highest BCUT2D eigenvalue weighted by Crippen LogP contribution is 2.34. The normalized spacial score (nSPS) is 12.0. The molecule has 0 fully saturated rings. The molecule has 0 radical (unpaired) electrons. The topological polar surface area (TPSA) is 90.7 Å². The van der Waals surface area contributed by atoms with Crippen LogP contribution in [0.5, 0.6) is 0 Å². The smallest absolute Gasteiger partial charge is 0.412 e. The first kappa shape index (κ1) is 15.5. The number of hydrogen-bond donors (Lipinski definition) is 2. The number of anilines is 1. The van der Waals surface area contributed by atoms with Gasteiger partial charge in [-0.2, -0.15) is 5.10 Å². The van der Waals surface area contributed by atoms with Crippen LogP contribution in [-0.2, 0) is 0 Å². The Morgan fingerprint density at radius 2 is 2.04 bits per heavy atom. The minimum Gasteiger partial charge on any atom is -0.465 e. The van der Waals surface area contributed by atoms with Crippen LogP contribution in [0.4, 0.5) is 10.5 Å². The summed E-state index contributed by atoms with van der Waals surface area (Å²) in [6, 6.07) is 6.96. The van der Waals surface area contributed by atoms with Crippen LogP contribution in [0.1, 0.15) is 20.8 Å². The van der Waals surface area contributed by atoms with Gasteiger partial charge in [0.15, 0.2) is 5.65 Å². The fourth-order valence-electron chi connectivity index (χ4n) is 2.68. The number of halogens is 1. The van der Waals surface area contributed by atoms with Crippen LogP contribution >= 0.6 is 15.9 Å². The summed E-state index contributed by atoms with van der Waals surface area (Å²) in [5.41, 5.74) is 0.422. The second-order valence-electron chi connectivity index (χ2n) is 6.20. The SMILES string of the molecule is CC(C)(C)N(C(=O)O)c1cc2n[nH]c(=O)n2c2ccc(Br)cc12. The summed E-state index contributed by atoms with van der Waals surface area (Å²) >= 11 is 3.40. The molecular weight excluding hydrogens is 364 g/mol. The number of hydrogen-bond acceptors (Lipinski definition) is 3. The molecule has 2 N–H and O–H groups in total. The molecule has 0 atom stereocenters. The number of benzene rings is 1. The lowest BCUT2D eigenvalue weighted by molar-refractivity contribution is 0.196. The van der Waals surface area contributed by atoms with Gasteiger partial charge in [-0.15, -0.1) is 0 Å². The summed E-state index contributed by atoms with van der Waals surface area (Å²) in [5.74, 6) is 0. The minimum atomic E-state index is -1.07. The lowest BCUT2D eigenvalue weighted by Crippen LogP contribution is -2.45. The van der Waals surface area contributed by atoms with E-state index in [1.165, 1.54) is 9.30 Å². The molecule has 0 aliphatic carbocycles. The number of aromatic nitrogens is 3. The molecule has 3 aromatic rings. The Hall–Kier alpha value is -2.35. The van der Waals surface area contributed by atoms with Crippen molar-refractivity contribution in [1.29, 1.82) is 0 Å². The number of H-pyrrole nitrogens is 1. The molecule has 8 heteroatoms. The first-order valence-electron chi connectivity index (χ1n) is 6.93. The maximum absolute atomic E-state index is 12.0. The summed E-state index contributed by atoms with van der Waals surface area (Å²) < 4.78 is 2.22. The van der Waals surface area contributed by atoms with E-state index >= 15 is 0 Å². The molecule has 120 valence electrons. The third-order valence-corrected chi connectivity index (χ3v) is 4.04. The summed E-state index contributed by atoms with van der Waals surface area (Å²) in [6.07, 6.45) is -1.07. The van der Waals surface area contributed by atoms with E-state index in [1.54, 1.807) is 24.3 Å². The van der Waals surface area contributed by atoms with Gasteiger partial charge < -0.3 is 5.11 Å². The number of fused-ring (bicyclic) bond motifs is 3. The Bertz CT molecular complexity index is 984.